The fourth-order valence-electron chi connectivity index (χ4n) is 3.35. The number of halogens is 1. The number of hydrogen-bond acceptors (Lipinski definition) is 5. The van der Waals surface area contributed by atoms with Crippen molar-refractivity contribution < 1.29 is 23.5 Å². The molecular formula is C26H29ClN2O5. The van der Waals surface area contributed by atoms with Crippen molar-refractivity contribution in [2.75, 3.05) is 33.4 Å². The molecule has 3 aromatic rings. The molecule has 0 atom stereocenters. The van der Waals surface area contributed by atoms with Crippen LogP contribution in [0, 0.1) is 0 Å². The van der Waals surface area contributed by atoms with Crippen LogP contribution < -0.4 is 4.74 Å². The Morgan fingerprint density at radius 2 is 1.68 bits per heavy atom. The predicted molar refractivity (Wildman–Crippen MR) is 129 cm³/mol. The molecule has 0 aliphatic carbocycles. The molecule has 0 spiro atoms. The second-order valence-corrected chi connectivity index (χ2v) is 8.16. The van der Waals surface area contributed by atoms with Crippen molar-refractivity contribution in [2.45, 2.75) is 19.5 Å². The lowest BCUT2D eigenvalue weighted by Crippen LogP contribution is -2.44. The van der Waals surface area contributed by atoms with E-state index in [4.69, 9.17) is 25.5 Å². The molecule has 3 rings (SSSR count). The minimum Gasteiger partial charge on any atom is -0.484 e. The summed E-state index contributed by atoms with van der Waals surface area (Å²) in [6, 6.07) is 20.1. The number of ether oxygens (including phenoxy) is 2. The summed E-state index contributed by atoms with van der Waals surface area (Å²) in [6.07, 6.45) is 2.18. The summed E-state index contributed by atoms with van der Waals surface area (Å²) in [5.41, 5.74) is 0.991. The number of methoxy groups -OCH3 is 1. The maximum Gasteiger partial charge on any atom is 0.260 e. The zero-order valence-electron chi connectivity index (χ0n) is 19.2. The summed E-state index contributed by atoms with van der Waals surface area (Å²) < 4.78 is 16.2. The largest absolute Gasteiger partial charge is 0.484 e. The molecule has 0 radical (unpaired) electrons. The third-order valence-electron chi connectivity index (χ3n) is 5.13. The number of nitrogens with zero attached hydrogens (tertiary/aromatic N) is 2. The Balaban J connectivity index is 1.68. The van der Waals surface area contributed by atoms with Gasteiger partial charge in [-0.15, -0.1) is 0 Å². The molecule has 0 saturated carbocycles. The van der Waals surface area contributed by atoms with E-state index in [1.54, 1.807) is 48.6 Å². The van der Waals surface area contributed by atoms with E-state index in [2.05, 4.69) is 0 Å². The Labute approximate surface area is 204 Å². The molecule has 2 aromatic carbocycles. The predicted octanol–water partition coefficient (Wildman–Crippen LogP) is 4.41. The minimum atomic E-state index is -0.280. The van der Waals surface area contributed by atoms with Crippen molar-refractivity contribution in [1.82, 2.24) is 9.80 Å². The standard InChI is InChI=1S/C26H29ClN2O5/c1-32-15-6-14-28(26(31)20-34-23-12-10-22(27)11-13-23)19-25(30)29(18-24-9-5-16-33-24)17-21-7-3-2-4-8-21/h2-5,7-13,16H,6,14-15,17-20H2,1H3. The van der Waals surface area contributed by atoms with Crippen LogP contribution in [0.15, 0.2) is 77.4 Å². The van der Waals surface area contributed by atoms with E-state index in [0.29, 0.717) is 49.2 Å². The first-order chi connectivity index (χ1) is 16.5. The van der Waals surface area contributed by atoms with Crippen LogP contribution in [0.5, 0.6) is 5.75 Å². The van der Waals surface area contributed by atoms with Gasteiger partial charge < -0.3 is 23.7 Å². The molecule has 8 heteroatoms. The van der Waals surface area contributed by atoms with Crippen molar-refractivity contribution in [2.24, 2.45) is 0 Å². The minimum absolute atomic E-state index is 0.0694. The molecule has 180 valence electrons. The van der Waals surface area contributed by atoms with E-state index in [1.165, 1.54) is 4.90 Å². The Kier molecular flexibility index (Phi) is 10.0. The second-order valence-electron chi connectivity index (χ2n) is 7.72. The van der Waals surface area contributed by atoms with E-state index in [1.807, 2.05) is 36.4 Å². The van der Waals surface area contributed by atoms with E-state index >= 15 is 0 Å². The highest BCUT2D eigenvalue weighted by atomic mass is 35.5. The van der Waals surface area contributed by atoms with Gasteiger partial charge >= 0.3 is 0 Å². The summed E-state index contributed by atoms with van der Waals surface area (Å²) >= 11 is 5.90. The molecule has 0 saturated heterocycles. The molecule has 7 nitrogen and oxygen atoms in total. The lowest BCUT2D eigenvalue weighted by Gasteiger charge is -2.27. The van der Waals surface area contributed by atoms with E-state index in [9.17, 15) is 9.59 Å². The average Bonchev–Trinajstić information content (AvgIpc) is 3.36. The third kappa shape index (κ3) is 8.24. The maximum absolute atomic E-state index is 13.3. The van der Waals surface area contributed by atoms with Crippen LogP contribution in [0.3, 0.4) is 0 Å². The van der Waals surface area contributed by atoms with Gasteiger partial charge in [0.2, 0.25) is 5.91 Å². The summed E-state index contributed by atoms with van der Waals surface area (Å²) in [6.45, 7) is 1.32. The van der Waals surface area contributed by atoms with Crippen molar-refractivity contribution in [3.05, 3.63) is 89.3 Å². The van der Waals surface area contributed by atoms with Crippen molar-refractivity contribution in [3.8, 4) is 5.75 Å². The van der Waals surface area contributed by atoms with Crippen molar-refractivity contribution in [1.29, 1.82) is 0 Å². The number of carbonyl (C=O) groups excluding carboxylic acids is 2. The van der Waals surface area contributed by atoms with Gasteiger partial charge in [0.15, 0.2) is 6.61 Å². The lowest BCUT2D eigenvalue weighted by molar-refractivity contribution is -0.142. The van der Waals surface area contributed by atoms with Gasteiger partial charge in [0.1, 0.15) is 11.5 Å². The van der Waals surface area contributed by atoms with Gasteiger partial charge in [0, 0.05) is 31.8 Å². The molecule has 2 amide bonds. The molecule has 1 aromatic heterocycles. The van der Waals surface area contributed by atoms with Gasteiger partial charge in [-0.2, -0.15) is 0 Å². The summed E-state index contributed by atoms with van der Waals surface area (Å²) in [5, 5.41) is 0.584. The van der Waals surface area contributed by atoms with Gasteiger partial charge in [-0.05, 0) is 48.4 Å². The fraction of sp³-hybridized carbons (Fsp3) is 0.308. The molecule has 34 heavy (non-hydrogen) atoms. The summed E-state index contributed by atoms with van der Waals surface area (Å²) in [7, 11) is 1.60. The number of furan rings is 1. The van der Waals surface area contributed by atoms with Crippen molar-refractivity contribution >= 4 is 23.4 Å². The molecule has 1 heterocycles. The first-order valence-corrected chi connectivity index (χ1v) is 11.4. The van der Waals surface area contributed by atoms with Crippen LogP contribution in [-0.4, -0.2) is 55.0 Å². The Bertz CT molecular complexity index is 1010. The lowest BCUT2D eigenvalue weighted by atomic mass is 10.2. The first kappa shape index (κ1) is 25.3. The zero-order chi connectivity index (χ0) is 24.2. The topological polar surface area (TPSA) is 72.2 Å². The maximum atomic E-state index is 13.3. The molecule has 0 bridgehead atoms. The highest BCUT2D eigenvalue weighted by molar-refractivity contribution is 6.30. The van der Waals surface area contributed by atoms with Crippen LogP contribution in [-0.2, 0) is 27.4 Å². The second kappa shape index (κ2) is 13.4. The summed E-state index contributed by atoms with van der Waals surface area (Å²) in [5.74, 6) is 0.742. The Hall–Kier alpha value is -3.29. The molecular weight excluding hydrogens is 456 g/mol. The van der Waals surface area contributed by atoms with Gasteiger partial charge in [-0.25, -0.2) is 0 Å². The average molecular weight is 485 g/mol. The molecule has 0 N–H and O–H groups in total. The van der Waals surface area contributed by atoms with Gasteiger partial charge in [-0.1, -0.05) is 41.9 Å². The number of carbonyl (C=O) groups is 2. The Morgan fingerprint density at radius 1 is 0.912 bits per heavy atom. The number of amides is 2. The number of hydrogen-bond donors (Lipinski definition) is 0. The summed E-state index contributed by atoms with van der Waals surface area (Å²) in [4.78, 5) is 29.5. The van der Waals surface area contributed by atoms with E-state index < -0.39 is 0 Å². The van der Waals surface area contributed by atoms with Gasteiger partial charge in [0.25, 0.3) is 5.91 Å². The first-order valence-electron chi connectivity index (χ1n) is 11.0. The van der Waals surface area contributed by atoms with Crippen LogP contribution in [0.1, 0.15) is 17.7 Å². The molecule has 0 unspecified atom stereocenters. The fourth-order valence-corrected chi connectivity index (χ4v) is 3.47. The van der Waals surface area contributed by atoms with Gasteiger partial charge in [0.05, 0.1) is 19.4 Å². The van der Waals surface area contributed by atoms with Crippen LogP contribution >= 0.6 is 11.6 Å². The van der Waals surface area contributed by atoms with Gasteiger partial charge in [-0.3, -0.25) is 9.59 Å². The molecule has 0 aliphatic heterocycles. The third-order valence-corrected chi connectivity index (χ3v) is 5.38. The molecule has 0 aliphatic rings. The highest BCUT2D eigenvalue weighted by Crippen LogP contribution is 2.16. The highest BCUT2D eigenvalue weighted by Gasteiger charge is 2.23. The Morgan fingerprint density at radius 3 is 2.35 bits per heavy atom. The van der Waals surface area contributed by atoms with Crippen LogP contribution in [0.25, 0.3) is 0 Å². The smallest absolute Gasteiger partial charge is 0.260 e. The van der Waals surface area contributed by atoms with Crippen LogP contribution in [0.2, 0.25) is 5.02 Å². The normalized spacial score (nSPS) is 10.6. The number of benzene rings is 2. The monoisotopic (exact) mass is 484 g/mol. The van der Waals surface area contributed by atoms with Crippen molar-refractivity contribution in [3.63, 3.8) is 0 Å². The molecule has 0 fully saturated rings. The van der Waals surface area contributed by atoms with Crippen LogP contribution in [0.4, 0.5) is 0 Å². The van der Waals surface area contributed by atoms with E-state index in [0.717, 1.165) is 5.56 Å². The zero-order valence-corrected chi connectivity index (χ0v) is 19.9. The quantitative estimate of drug-likeness (QED) is 0.336. The van der Waals surface area contributed by atoms with E-state index in [-0.39, 0.29) is 25.0 Å². The SMILES string of the molecule is COCCCN(CC(=O)N(Cc1ccccc1)Cc1ccco1)C(=O)COc1ccc(Cl)cc1. The number of rotatable bonds is 13.